The van der Waals surface area contributed by atoms with Crippen LogP contribution in [0, 0.1) is 23.7 Å². The van der Waals surface area contributed by atoms with E-state index in [4.69, 9.17) is 5.21 Å². The lowest BCUT2D eigenvalue weighted by Crippen LogP contribution is -2.36. The molecule has 0 saturated heterocycles. The molecule has 26 heavy (non-hydrogen) atoms. The number of hydroxylamine groups is 1. The van der Waals surface area contributed by atoms with Gasteiger partial charge in [0.1, 0.15) is 0 Å². The molecule has 4 nitrogen and oxygen atoms in total. The average Bonchev–Trinajstić information content (AvgIpc) is 2.58. The average molecular weight is 391 g/mol. The highest BCUT2D eigenvalue weighted by molar-refractivity contribution is 5.85. The summed E-state index contributed by atoms with van der Waals surface area (Å²) < 4.78 is 0. The van der Waals surface area contributed by atoms with Crippen molar-refractivity contribution in [3.63, 3.8) is 0 Å². The second-order valence-corrected chi connectivity index (χ2v) is 8.83. The molecule has 1 fully saturated rings. The molecule has 0 spiro atoms. The third kappa shape index (κ3) is 10.7. The van der Waals surface area contributed by atoms with E-state index in [1.807, 2.05) is 5.48 Å². The molecule has 0 bridgehead atoms. The van der Waals surface area contributed by atoms with Crippen molar-refractivity contribution >= 4 is 18.3 Å². The Morgan fingerprint density at radius 3 is 2.23 bits per heavy atom. The van der Waals surface area contributed by atoms with Gasteiger partial charge in [-0.15, -0.1) is 12.4 Å². The van der Waals surface area contributed by atoms with Gasteiger partial charge in [-0.05, 0) is 56.4 Å². The summed E-state index contributed by atoms with van der Waals surface area (Å²) in [5.41, 5.74) is 1.86. The fourth-order valence-corrected chi connectivity index (χ4v) is 4.18. The summed E-state index contributed by atoms with van der Waals surface area (Å²) in [4.78, 5) is 11.9. The molecule has 5 heteroatoms. The van der Waals surface area contributed by atoms with Gasteiger partial charge in [-0.3, -0.25) is 10.0 Å². The molecule has 1 aliphatic rings. The summed E-state index contributed by atoms with van der Waals surface area (Å²) in [7, 11) is 0. The Labute approximate surface area is 167 Å². The number of carbonyl (C=O) groups is 1. The van der Waals surface area contributed by atoms with Crippen LogP contribution in [0.2, 0.25) is 0 Å². The first-order valence-electron chi connectivity index (χ1n) is 10.6. The molecule has 1 rings (SSSR count). The summed E-state index contributed by atoms with van der Waals surface area (Å²) in [5, 5.41) is 12.8. The van der Waals surface area contributed by atoms with Gasteiger partial charge in [0, 0.05) is 12.0 Å². The zero-order chi connectivity index (χ0) is 18.7. The minimum absolute atomic E-state index is 0. The third-order valence-corrected chi connectivity index (χ3v) is 5.81. The number of amides is 1. The lowest BCUT2D eigenvalue weighted by atomic mass is 9.82. The Balaban J connectivity index is 0.00000625. The zero-order valence-corrected chi connectivity index (χ0v) is 18.2. The Hall–Kier alpha value is -0.320. The van der Waals surface area contributed by atoms with E-state index >= 15 is 0 Å². The SMILES string of the molecule is CC(C)CCCNC(CCC(C(=O)NO)C(C)C)CC1CCCCC1.Cl. The number of halogens is 1. The van der Waals surface area contributed by atoms with Crippen LogP contribution in [0.3, 0.4) is 0 Å². The molecular formula is C21H43ClN2O2. The number of nitrogens with one attached hydrogen (secondary N) is 2. The molecular weight excluding hydrogens is 348 g/mol. The van der Waals surface area contributed by atoms with E-state index in [9.17, 15) is 4.79 Å². The first-order valence-corrected chi connectivity index (χ1v) is 10.6. The van der Waals surface area contributed by atoms with Gasteiger partial charge in [0.05, 0.1) is 0 Å². The molecule has 0 aliphatic heterocycles. The lowest BCUT2D eigenvalue weighted by molar-refractivity contribution is -0.135. The first-order chi connectivity index (χ1) is 11.9. The predicted molar refractivity (Wildman–Crippen MR) is 112 cm³/mol. The third-order valence-electron chi connectivity index (χ3n) is 5.81. The molecule has 1 saturated carbocycles. The Kier molecular flexibility index (Phi) is 14.5. The summed E-state index contributed by atoms with van der Waals surface area (Å²) in [6, 6.07) is 0.503. The minimum atomic E-state index is -0.230. The van der Waals surface area contributed by atoms with Gasteiger partial charge >= 0.3 is 0 Å². The summed E-state index contributed by atoms with van der Waals surface area (Å²) >= 11 is 0. The standard InChI is InChI=1S/C21H42N2O2.ClH/c1-16(2)9-8-14-22-19(15-18-10-6-5-7-11-18)12-13-20(17(3)4)21(24)23-25;/h16-20,22,25H,5-15H2,1-4H3,(H,23,24);1H. The van der Waals surface area contributed by atoms with Crippen LogP contribution in [0.5, 0.6) is 0 Å². The van der Waals surface area contributed by atoms with E-state index in [0.29, 0.717) is 6.04 Å². The minimum Gasteiger partial charge on any atom is -0.314 e. The van der Waals surface area contributed by atoms with Gasteiger partial charge in [0.25, 0.3) is 0 Å². The van der Waals surface area contributed by atoms with E-state index in [1.165, 1.54) is 51.4 Å². The van der Waals surface area contributed by atoms with Gasteiger partial charge in [0.15, 0.2) is 0 Å². The van der Waals surface area contributed by atoms with Gasteiger partial charge < -0.3 is 5.32 Å². The molecule has 1 aliphatic carbocycles. The maximum atomic E-state index is 11.9. The van der Waals surface area contributed by atoms with E-state index in [1.54, 1.807) is 0 Å². The molecule has 2 atom stereocenters. The summed E-state index contributed by atoms with van der Waals surface area (Å²) in [6.07, 6.45) is 12.5. The van der Waals surface area contributed by atoms with Crippen molar-refractivity contribution in [3.8, 4) is 0 Å². The molecule has 0 heterocycles. The van der Waals surface area contributed by atoms with Crippen molar-refractivity contribution in [2.24, 2.45) is 23.7 Å². The van der Waals surface area contributed by atoms with Crippen molar-refractivity contribution in [1.82, 2.24) is 10.8 Å². The summed E-state index contributed by atoms with van der Waals surface area (Å²) in [5.74, 6) is 1.53. The van der Waals surface area contributed by atoms with Crippen LogP contribution in [-0.2, 0) is 4.79 Å². The van der Waals surface area contributed by atoms with Crippen LogP contribution in [0.1, 0.15) is 91.9 Å². The number of carbonyl (C=O) groups excluding carboxylic acids is 1. The Morgan fingerprint density at radius 1 is 1.04 bits per heavy atom. The van der Waals surface area contributed by atoms with Crippen molar-refractivity contribution in [2.75, 3.05) is 6.54 Å². The maximum absolute atomic E-state index is 11.9. The Morgan fingerprint density at radius 2 is 1.69 bits per heavy atom. The molecule has 0 aromatic carbocycles. The van der Waals surface area contributed by atoms with Crippen molar-refractivity contribution in [2.45, 2.75) is 97.9 Å². The van der Waals surface area contributed by atoms with Gasteiger partial charge in [-0.2, -0.15) is 0 Å². The molecule has 156 valence electrons. The highest BCUT2D eigenvalue weighted by Crippen LogP contribution is 2.29. The van der Waals surface area contributed by atoms with Crippen molar-refractivity contribution in [1.29, 1.82) is 0 Å². The van der Waals surface area contributed by atoms with Crippen LogP contribution in [-0.4, -0.2) is 23.7 Å². The molecule has 0 aromatic rings. The van der Waals surface area contributed by atoms with E-state index < -0.39 is 0 Å². The molecule has 3 N–H and O–H groups in total. The van der Waals surface area contributed by atoms with Gasteiger partial charge in [-0.25, -0.2) is 5.48 Å². The largest absolute Gasteiger partial charge is 0.314 e. The first kappa shape index (κ1) is 25.7. The van der Waals surface area contributed by atoms with Gasteiger partial charge in [0.2, 0.25) is 5.91 Å². The number of hydrogen-bond donors (Lipinski definition) is 3. The van der Waals surface area contributed by atoms with Gasteiger partial charge in [-0.1, -0.05) is 59.8 Å². The number of rotatable bonds is 12. The van der Waals surface area contributed by atoms with Crippen LogP contribution in [0.25, 0.3) is 0 Å². The van der Waals surface area contributed by atoms with E-state index in [-0.39, 0.29) is 30.2 Å². The topological polar surface area (TPSA) is 61.4 Å². The predicted octanol–water partition coefficient (Wildman–Crippen LogP) is 5.33. The fourth-order valence-electron chi connectivity index (χ4n) is 4.18. The van der Waals surface area contributed by atoms with Crippen LogP contribution < -0.4 is 10.8 Å². The van der Waals surface area contributed by atoms with Crippen LogP contribution in [0.4, 0.5) is 0 Å². The summed E-state index contributed by atoms with van der Waals surface area (Å²) in [6.45, 7) is 9.76. The monoisotopic (exact) mass is 390 g/mol. The number of hydrogen-bond acceptors (Lipinski definition) is 3. The highest BCUT2D eigenvalue weighted by Gasteiger charge is 2.25. The van der Waals surface area contributed by atoms with Crippen LogP contribution in [0.15, 0.2) is 0 Å². The van der Waals surface area contributed by atoms with E-state index in [0.717, 1.165) is 31.2 Å². The fraction of sp³-hybridized carbons (Fsp3) is 0.952. The molecule has 0 radical (unpaired) electrons. The normalized spacial score (nSPS) is 17.8. The Bertz CT molecular complexity index is 358. The van der Waals surface area contributed by atoms with Crippen molar-refractivity contribution < 1.29 is 10.0 Å². The zero-order valence-electron chi connectivity index (χ0n) is 17.4. The highest BCUT2D eigenvalue weighted by atomic mass is 35.5. The smallest absolute Gasteiger partial charge is 0.246 e. The molecule has 2 unspecified atom stereocenters. The lowest BCUT2D eigenvalue weighted by Gasteiger charge is -2.29. The maximum Gasteiger partial charge on any atom is 0.246 e. The van der Waals surface area contributed by atoms with Crippen molar-refractivity contribution in [3.05, 3.63) is 0 Å². The molecule has 1 amide bonds. The quantitative estimate of drug-likeness (QED) is 0.240. The van der Waals surface area contributed by atoms with E-state index in [2.05, 4.69) is 33.0 Å². The second-order valence-electron chi connectivity index (χ2n) is 8.83. The molecule has 0 aromatic heterocycles. The second kappa shape index (κ2) is 14.7. The van der Waals surface area contributed by atoms with Crippen LogP contribution >= 0.6 is 12.4 Å².